The van der Waals surface area contributed by atoms with E-state index in [2.05, 4.69) is 31.7 Å². The number of hydrogen-bond donors (Lipinski definition) is 2. The van der Waals surface area contributed by atoms with E-state index < -0.39 is 12.4 Å². The average molecular weight is 546 g/mol. The highest BCUT2D eigenvalue weighted by atomic mass is 16.7. The van der Waals surface area contributed by atoms with E-state index in [4.69, 9.17) is 14.2 Å². The first kappa shape index (κ1) is 27.7. The molecule has 0 radical (unpaired) electrons. The van der Waals surface area contributed by atoms with Gasteiger partial charge in [-0.3, -0.25) is 10.2 Å². The quantitative estimate of drug-likeness (QED) is 0.385. The van der Waals surface area contributed by atoms with Gasteiger partial charge in [0.15, 0.2) is 6.29 Å². The van der Waals surface area contributed by atoms with E-state index in [1.165, 1.54) is 6.08 Å². The van der Waals surface area contributed by atoms with Crippen LogP contribution >= 0.6 is 0 Å². The van der Waals surface area contributed by atoms with Crippen molar-refractivity contribution in [1.29, 1.82) is 0 Å². The number of aliphatic hydroxyl groups excluding tert-OH is 1. The molecule has 0 saturated carbocycles. The minimum atomic E-state index is -0.619. The average Bonchev–Trinajstić information content (AvgIpc) is 3.01. The van der Waals surface area contributed by atoms with Gasteiger partial charge in [-0.2, -0.15) is 0 Å². The summed E-state index contributed by atoms with van der Waals surface area (Å²) in [6.45, 7) is 7.90. The highest BCUT2D eigenvalue weighted by Crippen LogP contribution is 2.38. The summed E-state index contributed by atoms with van der Waals surface area (Å²) in [6.07, 6.45) is 4.32. The van der Waals surface area contributed by atoms with Crippen LogP contribution in [0.25, 0.3) is 0 Å². The molecule has 3 atom stereocenters. The lowest BCUT2D eigenvalue weighted by Gasteiger charge is -2.40. The Balaban J connectivity index is 1.29. The minimum absolute atomic E-state index is 0.00477. The molecule has 0 unspecified atom stereocenters. The lowest BCUT2D eigenvalue weighted by molar-refractivity contribution is -0.253. The number of benzene rings is 2. The second-order valence-electron chi connectivity index (χ2n) is 9.82. The van der Waals surface area contributed by atoms with E-state index >= 15 is 0 Å². The van der Waals surface area contributed by atoms with Crippen molar-refractivity contribution in [2.45, 2.75) is 31.5 Å². The van der Waals surface area contributed by atoms with Crippen LogP contribution in [0.3, 0.4) is 0 Å². The number of hydrogen-bond acceptors (Lipinski definition) is 9. The number of carbonyl (C=O) groups excluding carboxylic acids is 1. The second-order valence-corrected chi connectivity index (χ2v) is 9.82. The maximum atomic E-state index is 12.1. The first-order chi connectivity index (χ1) is 19.6. The van der Waals surface area contributed by atoms with E-state index in [0.717, 1.165) is 55.4 Å². The van der Waals surface area contributed by atoms with Gasteiger partial charge >= 0.3 is 6.09 Å². The Bertz CT molecular complexity index is 1250. The summed E-state index contributed by atoms with van der Waals surface area (Å²) in [5.41, 5.74) is 3.27. The molecule has 10 nitrogen and oxygen atoms in total. The Labute approximate surface area is 234 Å². The van der Waals surface area contributed by atoms with Crippen LogP contribution in [-0.2, 0) is 20.8 Å². The van der Waals surface area contributed by atoms with Gasteiger partial charge in [0.05, 0.1) is 18.8 Å². The third-order valence-electron chi connectivity index (χ3n) is 7.02. The normalized spacial score (nSPS) is 21.5. The van der Waals surface area contributed by atoms with Gasteiger partial charge in [-0.1, -0.05) is 49.1 Å². The zero-order valence-electron chi connectivity index (χ0n) is 22.4. The summed E-state index contributed by atoms with van der Waals surface area (Å²) in [5, 5.41) is 12.2. The molecule has 3 aromatic rings. The molecule has 5 rings (SSSR count). The van der Waals surface area contributed by atoms with Crippen molar-refractivity contribution in [2.24, 2.45) is 0 Å². The van der Waals surface area contributed by atoms with Gasteiger partial charge < -0.3 is 24.2 Å². The molecule has 40 heavy (non-hydrogen) atoms. The Morgan fingerprint density at radius 1 is 1.05 bits per heavy atom. The maximum Gasteiger partial charge on any atom is 0.411 e. The number of nitrogens with one attached hydrogen (secondary N) is 1. The van der Waals surface area contributed by atoms with Gasteiger partial charge in [0, 0.05) is 62.8 Å². The van der Waals surface area contributed by atoms with Crippen LogP contribution in [0.2, 0.25) is 0 Å². The minimum Gasteiger partial charge on any atom is -0.445 e. The Kier molecular flexibility index (Phi) is 9.35. The third kappa shape index (κ3) is 7.22. The van der Waals surface area contributed by atoms with Crippen LogP contribution in [0.15, 0.2) is 79.6 Å². The topological polar surface area (TPSA) is 109 Å². The fourth-order valence-corrected chi connectivity index (χ4v) is 4.96. The molecule has 1 amide bonds. The SMILES string of the molecule is C=CCOC(=O)Nc1cccc([C@@H]2O[C@H](CN3CCN(c4ncccn4)CC3)C[C@H](c3ccc(CO)cc3)O2)c1. The van der Waals surface area contributed by atoms with E-state index in [1.54, 1.807) is 18.5 Å². The van der Waals surface area contributed by atoms with E-state index in [-0.39, 0.29) is 25.4 Å². The summed E-state index contributed by atoms with van der Waals surface area (Å²) < 4.78 is 18.0. The van der Waals surface area contributed by atoms with E-state index in [9.17, 15) is 9.90 Å². The fourth-order valence-electron chi connectivity index (χ4n) is 4.96. The second kappa shape index (κ2) is 13.5. The van der Waals surface area contributed by atoms with Crippen LogP contribution in [-0.4, -0.2) is 71.5 Å². The molecule has 2 aromatic carbocycles. The predicted octanol–water partition coefficient (Wildman–Crippen LogP) is 4.07. The Morgan fingerprint density at radius 2 is 1.82 bits per heavy atom. The zero-order valence-corrected chi connectivity index (χ0v) is 22.4. The number of piperazine rings is 1. The molecule has 0 bridgehead atoms. The molecule has 210 valence electrons. The molecule has 10 heteroatoms. The number of aliphatic hydroxyl groups is 1. The lowest BCUT2D eigenvalue weighted by atomic mass is 9.99. The van der Waals surface area contributed by atoms with Gasteiger partial charge in [-0.15, -0.1) is 0 Å². The van der Waals surface area contributed by atoms with Gasteiger partial charge in [0.25, 0.3) is 0 Å². The number of amides is 1. The summed E-state index contributed by atoms with van der Waals surface area (Å²) in [5.74, 6) is 0.762. The Morgan fingerprint density at radius 3 is 2.55 bits per heavy atom. The van der Waals surface area contributed by atoms with E-state index in [0.29, 0.717) is 12.1 Å². The molecule has 3 heterocycles. The smallest absolute Gasteiger partial charge is 0.411 e. The molecule has 2 saturated heterocycles. The molecular weight excluding hydrogens is 510 g/mol. The first-order valence-electron chi connectivity index (χ1n) is 13.5. The number of nitrogens with zero attached hydrogens (tertiary/aromatic N) is 4. The molecule has 1 aromatic heterocycles. The van der Waals surface area contributed by atoms with Crippen molar-refractivity contribution in [2.75, 3.05) is 49.5 Å². The van der Waals surface area contributed by atoms with Crippen LogP contribution in [0.1, 0.15) is 35.5 Å². The molecule has 0 spiro atoms. The van der Waals surface area contributed by atoms with Crippen molar-refractivity contribution in [1.82, 2.24) is 14.9 Å². The van der Waals surface area contributed by atoms with Crippen molar-refractivity contribution >= 4 is 17.7 Å². The van der Waals surface area contributed by atoms with E-state index in [1.807, 2.05) is 48.5 Å². The molecule has 2 N–H and O–H groups in total. The van der Waals surface area contributed by atoms with Gasteiger partial charge in [-0.05, 0) is 29.3 Å². The Hall–Kier alpha value is -3.83. The summed E-state index contributed by atoms with van der Waals surface area (Å²) in [6, 6.07) is 17.1. The molecule has 2 aliphatic heterocycles. The van der Waals surface area contributed by atoms with Crippen molar-refractivity contribution < 1.29 is 24.1 Å². The molecule has 0 aliphatic carbocycles. The number of anilines is 2. The van der Waals surface area contributed by atoms with Gasteiger partial charge in [-0.25, -0.2) is 14.8 Å². The number of ether oxygens (including phenoxy) is 3. The van der Waals surface area contributed by atoms with Crippen LogP contribution < -0.4 is 10.2 Å². The standard InChI is InChI=1S/C30H35N5O5/c1-2-17-38-30(37)33-25-6-3-5-24(18-25)28-39-26(19-27(40-28)23-9-7-22(21-36)8-10-23)20-34-13-15-35(16-14-34)29-31-11-4-12-32-29/h2-12,18,26-28,36H,1,13-17,19-21H2,(H,33,37)/t26-,27+,28+/m0/s1. The highest BCUT2D eigenvalue weighted by Gasteiger charge is 2.34. The zero-order chi connectivity index (χ0) is 27.7. The summed E-state index contributed by atoms with van der Waals surface area (Å²) in [4.78, 5) is 25.4. The predicted molar refractivity (Wildman–Crippen MR) is 151 cm³/mol. The lowest BCUT2D eigenvalue weighted by Crippen LogP contribution is -2.50. The third-order valence-corrected chi connectivity index (χ3v) is 7.02. The van der Waals surface area contributed by atoms with Gasteiger partial charge in [0.2, 0.25) is 5.95 Å². The highest BCUT2D eigenvalue weighted by molar-refractivity contribution is 5.84. The monoisotopic (exact) mass is 545 g/mol. The van der Waals surface area contributed by atoms with Gasteiger partial charge in [0.1, 0.15) is 6.61 Å². The molecule has 2 fully saturated rings. The van der Waals surface area contributed by atoms with Crippen LogP contribution in [0.5, 0.6) is 0 Å². The fraction of sp³-hybridized carbons (Fsp3) is 0.367. The summed E-state index contributed by atoms with van der Waals surface area (Å²) in [7, 11) is 0. The van der Waals surface area contributed by atoms with Crippen molar-refractivity contribution in [3.8, 4) is 0 Å². The summed E-state index contributed by atoms with van der Waals surface area (Å²) >= 11 is 0. The number of aromatic nitrogens is 2. The van der Waals surface area contributed by atoms with Crippen LogP contribution in [0, 0.1) is 0 Å². The van der Waals surface area contributed by atoms with Crippen molar-refractivity contribution in [3.63, 3.8) is 0 Å². The van der Waals surface area contributed by atoms with Crippen LogP contribution in [0.4, 0.5) is 16.4 Å². The maximum absolute atomic E-state index is 12.1. The number of carbonyl (C=O) groups is 1. The first-order valence-corrected chi connectivity index (χ1v) is 13.5. The number of rotatable bonds is 9. The largest absolute Gasteiger partial charge is 0.445 e. The molecule has 2 aliphatic rings. The molecular formula is C30H35N5O5. The van der Waals surface area contributed by atoms with Crippen molar-refractivity contribution in [3.05, 3.63) is 96.3 Å².